The Hall–Kier alpha value is -3.95. The van der Waals surface area contributed by atoms with Crippen LogP contribution in [0, 0.1) is 18.2 Å². The lowest BCUT2D eigenvalue weighted by Crippen LogP contribution is -2.52. The second-order valence-electron chi connectivity index (χ2n) is 7.91. The Morgan fingerprint density at radius 2 is 1.57 bits per heavy atom. The number of carbonyl (C=O) groups excluding carboxylic acids is 2. The topological polar surface area (TPSA) is 102 Å². The van der Waals surface area contributed by atoms with Gasteiger partial charge in [-0.2, -0.15) is 13.2 Å². The van der Waals surface area contributed by atoms with Gasteiger partial charge in [0.2, 0.25) is 11.8 Å². The van der Waals surface area contributed by atoms with Crippen LogP contribution < -0.4 is 10.6 Å². The van der Waals surface area contributed by atoms with Crippen molar-refractivity contribution >= 4 is 23.5 Å². The fraction of sp³-hybridized carbons (Fsp3) is 0.320. The van der Waals surface area contributed by atoms with Crippen molar-refractivity contribution in [3.63, 3.8) is 0 Å². The lowest BCUT2D eigenvalue weighted by Gasteiger charge is -2.38. The number of alkyl halides is 3. The molecule has 1 atom stereocenters. The van der Waals surface area contributed by atoms with Gasteiger partial charge in [0, 0.05) is 31.9 Å². The number of hydrogen-bond donors (Lipinski definition) is 3. The molecule has 2 aromatic rings. The molecule has 0 spiro atoms. The van der Waals surface area contributed by atoms with E-state index < -0.39 is 18.2 Å². The number of nitrogens with zero attached hydrogens (tertiary/aromatic N) is 2. The first-order valence-corrected chi connectivity index (χ1v) is 11.1. The average Bonchev–Trinajstić information content (AvgIpc) is 2.86. The molecule has 0 bridgehead atoms. The SMILES string of the molecule is C#CCNC(=O)CN1CCN(C(C(=O)Nc2ccc(F)cc2)c2ccccc2)CC1.O=C(O)C(F)(F)F. The second kappa shape index (κ2) is 14.0. The van der Waals surface area contributed by atoms with Crippen molar-refractivity contribution in [2.75, 3.05) is 44.6 Å². The quantitative estimate of drug-likeness (QED) is 0.382. The lowest BCUT2D eigenvalue weighted by atomic mass is 10.0. The Kier molecular flexibility index (Phi) is 11.0. The van der Waals surface area contributed by atoms with Crippen LogP contribution >= 0.6 is 0 Å². The second-order valence-corrected chi connectivity index (χ2v) is 7.91. The molecule has 3 rings (SSSR count). The minimum atomic E-state index is -5.08. The van der Waals surface area contributed by atoms with Crippen LogP contribution in [-0.2, 0) is 14.4 Å². The number of aliphatic carboxylic acids is 1. The summed E-state index contributed by atoms with van der Waals surface area (Å²) in [4.78, 5) is 38.1. The Labute approximate surface area is 211 Å². The molecule has 0 saturated carbocycles. The molecule has 2 aromatic carbocycles. The van der Waals surface area contributed by atoms with Crippen molar-refractivity contribution in [2.24, 2.45) is 0 Å². The average molecular weight is 522 g/mol. The first kappa shape index (κ1) is 29.3. The zero-order valence-electron chi connectivity index (χ0n) is 19.7. The van der Waals surface area contributed by atoms with Crippen molar-refractivity contribution < 1.29 is 37.1 Å². The van der Waals surface area contributed by atoms with E-state index in [2.05, 4.69) is 21.5 Å². The first-order valence-electron chi connectivity index (χ1n) is 11.1. The van der Waals surface area contributed by atoms with E-state index in [0.717, 1.165) is 5.56 Å². The largest absolute Gasteiger partial charge is 0.490 e. The predicted molar refractivity (Wildman–Crippen MR) is 128 cm³/mol. The summed E-state index contributed by atoms with van der Waals surface area (Å²) in [5, 5.41) is 12.7. The molecule has 8 nitrogen and oxygen atoms in total. The van der Waals surface area contributed by atoms with E-state index in [1.807, 2.05) is 35.2 Å². The van der Waals surface area contributed by atoms with E-state index in [1.54, 1.807) is 12.1 Å². The van der Waals surface area contributed by atoms with E-state index >= 15 is 0 Å². The summed E-state index contributed by atoms with van der Waals surface area (Å²) in [6, 6.07) is 14.8. The minimum absolute atomic E-state index is 0.102. The highest BCUT2D eigenvalue weighted by molar-refractivity contribution is 5.95. The molecule has 1 unspecified atom stereocenters. The number of benzene rings is 2. The van der Waals surface area contributed by atoms with Gasteiger partial charge < -0.3 is 15.7 Å². The molecule has 1 fully saturated rings. The number of anilines is 1. The molecule has 0 aliphatic carbocycles. The van der Waals surface area contributed by atoms with Crippen molar-refractivity contribution in [1.82, 2.24) is 15.1 Å². The molecule has 37 heavy (non-hydrogen) atoms. The number of carbonyl (C=O) groups is 3. The standard InChI is InChI=1S/C23H25FN4O2.C2HF3O2/c1-2-12-25-21(29)17-27-13-15-28(16-14-27)22(18-6-4-3-5-7-18)23(30)26-20-10-8-19(24)9-11-20;3-2(4,5)1(6)7/h1,3-11,22H,12-17H2,(H,25,29)(H,26,30);(H,6,7). The van der Waals surface area contributed by atoms with Crippen LogP contribution in [0.25, 0.3) is 0 Å². The summed E-state index contributed by atoms with van der Waals surface area (Å²) in [6.07, 6.45) is 0.0829. The monoisotopic (exact) mass is 522 g/mol. The maximum atomic E-state index is 13.2. The number of rotatable bonds is 7. The van der Waals surface area contributed by atoms with Crippen molar-refractivity contribution in [3.8, 4) is 12.3 Å². The molecule has 1 aliphatic rings. The number of carboxylic acid groups (broad SMARTS) is 1. The third-order valence-corrected chi connectivity index (χ3v) is 5.24. The highest BCUT2D eigenvalue weighted by Gasteiger charge is 2.38. The molecular weight excluding hydrogens is 496 g/mol. The van der Waals surface area contributed by atoms with Crippen LogP contribution in [0.2, 0.25) is 0 Å². The van der Waals surface area contributed by atoms with Gasteiger partial charge in [0.25, 0.3) is 0 Å². The summed E-state index contributed by atoms with van der Waals surface area (Å²) in [7, 11) is 0. The Balaban J connectivity index is 0.000000604. The summed E-state index contributed by atoms with van der Waals surface area (Å²) >= 11 is 0. The number of nitrogens with one attached hydrogen (secondary N) is 2. The van der Waals surface area contributed by atoms with E-state index in [1.165, 1.54) is 12.1 Å². The number of carboxylic acids is 1. The zero-order chi connectivity index (χ0) is 27.4. The molecule has 0 aromatic heterocycles. The van der Waals surface area contributed by atoms with Crippen LogP contribution in [-0.4, -0.2) is 78.1 Å². The molecular formula is C25H26F4N4O4. The van der Waals surface area contributed by atoms with E-state index in [4.69, 9.17) is 16.3 Å². The summed E-state index contributed by atoms with van der Waals surface area (Å²) in [6.45, 7) is 3.11. The molecule has 0 radical (unpaired) electrons. The summed E-state index contributed by atoms with van der Waals surface area (Å²) in [5.74, 6) is -0.996. The maximum absolute atomic E-state index is 13.2. The van der Waals surface area contributed by atoms with Gasteiger partial charge in [-0.05, 0) is 29.8 Å². The van der Waals surface area contributed by atoms with Gasteiger partial charge in [0.15, 0.2) is 0 Å². The van der Waals surface area contributed by atoms with Crippen LogP contribution in [0.4, 0.5) is 23.2 Å². The summed E-state index contributed by atoms with van der Waals surface area (Å²) < 4.78 is 44.9. The smallest absolute Gasteiger partial charge is 0.475 e. The fourth-order valence-corrected chi connectivity index (χ4v) is 3.50. The van der Waals surface area contributed by atoms with Gasteiger partial charge in [-0.3, -0.25) is 19.4 Å². The van der Waals surface area contributed by atoms with Gasteiger partial charge in [-0.25, -0.2) is 9.18 Å². The molecule has 1 aliphatic heterocycles. The highest BCUT2D eigenvalue weighted by atomic mass is 19.4. The Morgan fingerprint density at radius 1 is 1.00 bits per heavy atom. The number of amides is 2. The molecule has 198 valence electrons. The molecule has 1 saturated heterocycles. The van der Waals surface area contributed by atoms with Gasteiger partial charge in [0.1, 0.15) is 11.9 Å². The Bertz CT molecular complexity index is 1080. The normalized spacial score (nSPS) is 14.9. The third-order valence-electron chi connectivity index (χ3n) is 5.24. The number of terminal acetylenes is 1. The number of hydrogen-bond acceptors (Lipinski definition) is 5. The lowest BCUT2D eigenvalue weighted by molar-refractivity contribution is -0.192. The van der Waals surface area contributed by atoms with Crippen molar-refractivity contribution in [2.45, 2.75) is 12.2 Å². The van der Waals surface area contributed by atoms with Crippen LogP contribution in [0.15, 0.2) is 54.6 Å². The van der Waals surface area contributed by atoms with E-state index in [0.29, 0.717) is 31.9 Å². The van der Waals surface area contributed by atoms with Crippen molar-refractivity contribution in [3.05, 3.63) is 66.0 Å². The molecule has 1 heterocycles. The molecule has 2 amide bonds. The van der Waals surface area contributed by atoms with Gasteiger partial charge in [-0.1, -0.05) is 36.3 Å². The predicted octanol–water partition coefficient (Wildman–Crippen LogP) is 2.51. The molecule has 3 N–H and O–H groups in total. The third kappa shape index (κ3) is 9.91. The molecule has 12 heteroatoms. The maximum Gasteiger partial charge on any atom is 0.490 e. The van der Waals surface area contributed by atoms with E-state index in [9.17, 15) is 27.2 Å². The van der Waals surface area contributed by atoms with Crippen LogP contribution in [0.1, 0.15) is 11.6 Å². The van der Waals surface area contributed by atoms with Gasteiger partial charge >= 0.3 is 12.1 Å². The van der Waals surface area contributed by atoms with Crippen LogP contribution in [0.3, 0.4) is 0 Å². The van der Waals surface area contributed by atoms with Crippen LogP contribution in [0.5, 0.6) is 0 Å². The van der Waals surface area contributed by atoms with Crippen molar-refractivity contribution in [1.29, 1.82) is 0 Å². The zero-order valence-corrected chi connectivity index (χ0v) is 19.7. The Morgan fingerprint density at radius 3 is 2.08 bits per heavy atom. The van der Waals surface area contributed by atoms with E-state index in [-0.39, 0.29) is 30.7 Å². The summed E-state index contributed by atoms with van der Waals surface area (Å²) in [5.41, 5.74) is 1.43. The highest BCUT2D eigenvalue weighted by Crippen LogP contribution is 2.24. The van der Waals surface area contributed by atoms with Gasteiger partial charge in [0.05, 0.1) is 13.1 Å². The number of piperazine rings is 1. The fourth-order valence-electron chi connectivity index (χ4n) is 3.50. The number of halogens is 4. The minimum Gasteiger partial charge on any atom is -0.475 e. The first-order chi connectivity index (χ1) is 17.5. The van der Waals surface area contributed by atoms with Gasteiger partial charge in [-0.15, -0.1) is 6.42 Å².